The summed E-state index contributed by atoms with van der Waals surface area (Å²) in [6.45, 7) is 1.07. The van der Waals surface area contributed by atoms with E-state index in [0.29, 0.717) is 17.5 Å². The number of fused-ring (bicyclic) bond motifs is 1. The van der Waals surface area contributed by atoms with Gasteiger partial charge in [0.2, 0.25) is 0 Å². The summed E-state index contributed by atoms with van der Waals surface area (Å²) >= 11 is 0. The van der Waals surface area contributed by atoms with Crippen molar-refractivity contribution in [2.24, 2.45) is 0 Å². The van der Waals surface area contributed by atoms with Crippen LogP contribution in [-0.2, 0) is 17.1 Å². The molecule has 4 rings (SSSR count). The summed E-state index contributed by atoms with van der Waals surface area (Å²) < 4.78 is 90.0. The molecular weight excluding hydrogens is 494 g/mol. The van der Waals surface area contributed by atoms with Crippen molar-refractivity contribution in [1.29, 1.82) is 0 Å². The second-order valence-electron chi connectivity index (χ2n) is 7.88. The molecule has 6 nitrogen and oxygen atoms in total. The number of ether oxygens (including phenoxy) is 2. The van der Waals surface area contributed by atoms with Gasteiger partial charge in [-0.05, 0) is 35.0 Å². The Balaban J connectivity index is 1.73. The third-order valence-electron chi connectivity index (χ3n) is 5.43. The fourth-order valence-electron chi connectivity index (χ4n) is 3.70. The van der Waals surface area contributed by atoms with Crippen molar-refractivity contribution in [2.45, 2.75) is 12.4 Å². The molecule has 0 spiro atoms. The van der Waals surface area contributed by atoms with Gasteiger partial charge >= 0.3 is 18.4 Å². The van der Waals surface area contributed by atoms with Crippen molar-refractivity contribution in [3.8, 4) is 5.75 Å². The Morgan fingerprint density at radius 2 is 1.47 bits per heavy atom. The van der Waals surface area contributed by atoms with Gasteiger partial charge in [0.05, 0.1) is 29.9 Å². The summed E-state index contributed by atoms with van der Waals surface area (Å²) in [6.07, 6.45) is -10.9. The SMILES string of the molecule is O=C(Nc1cc(C(F)(F)F)cc(C(F)(F)F)c1)c1c(OC(=O)N2CCOCC2)ccc2ccccc12. The zero-order chi connectivity index (χ0) is 26.1. The lowest BCUT2D eigenvalue weighted by molar-refractivity contribution is -0.143. The molecule has 1 saturated heterocycles. The lowest BCUT2D eigenvalue weighted by Crippen LogP contribution is -2.42. The van der Waals surface area contributed by atoms with Gasteiger partial charge in [-0.2, -0.15) is 26.3 Å². The van der Waals surface area contributed by atoms with E-state index in [9.17, 15) is 35.9 Å². The van der Waals surface area contributed by atoms with Crippen molar-refractivity contribution in [3.05, 3.63) is 71.3 Å². The first-order chi connectivity index (χ1) is 16.9. The molecule has 3 aromatic carbocycles. The summed E-state index contributed by atoms with van der Waals surface area (Å²) in [5, 5.41) is 2.92. The summed E-state index contributed by atoms with van der Waals surface area (Å²) in [5.74, 6) is -1.25. The number of nitrogens with one attached hydrogen (secondary N) is 1. The summed E-state index contributed by atoms with van der Waals surface area (Å²) in [7, 11) is 0. The van der Waals surface area contributed by atoms with Gasteiger partial charge in [-0.15, -0.1) is 0 Å². The maximum Gasteiger partial charge on any atom is 0.416 e. The van der Waals surface area contributed by atoms with Crippen LogP contribution in [0.5, 0.6) is 5.75 Å². The zero-order valence-electron chi connectivity index (χ0n) is 18.4. The lowest BCUT2D eigenvalue weighted by Gasteiger charge is -2.26. The number of alkyl halides is 6. The predicted octanol–water partition coefficient (Wildman–Crippen LogP) is 5.96. The first-order valence-electron chi connectivity index (χ1n) is 10.6. The van der Waals surface area contributed by atoms with Gasteiger partial charge in [0.15, 0.2) is 0 Å². The second kappa shape index (κ2) is 9.69. The molecule has 12 heteroatoms. The molecule has 0 atom stereocenters. The van der Waals surface area contributed by atoms with E-state index in [1.807, 2.05) is 0 Å². The summed E-state index contributed by atoms with van der Waals surface area (Å²) in [6, 6.07) is 10.1. The molecule has 1 N–H and O–H groups in total. The van der Waals surface area contributed by atoms with Crippen LogP contribution < -0.4 is 10.1 Å². The van der Waals surface area contributed by atoms with Crippen molar-refractivity contribution < 1.29 is 45.4 Å². The average molecular weight is 512 g/mol. The molecule has 0 aliphatic carbocycles. The number of nitrogens with zero attached hydrogens (tertiary/aromatic N) is 1. The van der Waals surface area contributed by atoms with Crippen LogP contribution in [0.1, 0.15) is 21.5 Å². The van der Waals surface area contributed by atoms with Crippen LogP contribution in [0.25, 0.3) is 10.8 Å². The van der Waals surface area contributed by atoms with Gasteiger partial charge in [-0.3, -0.25) is 4.79 Å². The molecule has 1 aliphatic heterocycles. The number of carbonyl (C=O) groups excluding carboxylic acids is 2. The Labute approximate surface area is 200 Å². The maximum atomic E-state index is 13.2. The number of amides is 2. The molecule has 0 aromatic heterocycles. The number of carbonyl (C=O) groups is 2. The van der Waals surface area contributed by atoms with Gasteiger partial charge in [-0.1, -0.05) is 30.3 Å². The quantitative estimate of drug-likeness (QED) is 0.440. The van der Waals surface area contributed by atoms with Crippen molar-refractivity contribution >= 4 is 28.5 Å². The molecule has 1 heterocycles. The van der Waals surface area contributed by atoms with Crippen LogP contribution in [0.4, 0.5) is 36.8 Å². The molecule has 36 heavy (non-hydrogen) atoms. The molecule has 3 aromatic rings. The van der Waals surface area contributed by atoms with E-state index in [4.69, 9.17) is 9.47 Å². The molecule has 2 amide bonds. The number of morpholine rings is 1. The van der Waals surface area contributed by atoms with E-state index in [1.165, 1.54) is 17.0 Å². The normalized spacial score (nSPS) is 14.6. The largest absolute Gasteiger partial charge is 0.416 e. The number of rotatable bonds is 3. The van der Waals surface area contributed by atoms with Gasteiger partial charge < -0.3 is 19.7 Å². The number of benzene rings is 3. The van der Waals surface area contributed by atoms with E-state index in [0.717, 1.165) is 0 Å². The monoisotopic (exact) mass is 512 g/mol. The molecule has 0 bridgehead atoms. The van der Waals surface area contributed by atoms with Crippen LogP contribution in [0.3, 0.4) is 0 Å². The van der Waals surface area contributed by atoms with Crippen LogP contribution >= 0.6 is 0 Å². The highest BCUT2D eigenvalue weighted by Gasteiger charge is 2.37. The van der Waals surface area contributed by atoms with E-state index in [-0.39, 0.29) is 49.1 Å². The standard InChI is InChI=1S/C24H18F6N2O4/c25-23(26,27)15-11-16(24(28,29)30)13-17(12-15)31-21(33)20-18-4-2-1-3-14(18)5-6-19(20)36-22(34)32-7-9-35-10-8-32/h1-6,11-13H,7-10H2,(H,31,33). The molecule has 190 valence electrons. The predicted molar refractivity (Wildman–Crippen MR) is 117 cm³/mol. The van der Waals surface area contributed by atoms with Crippen LogP contribution in [-0.4, -0.2) is 43.2 Å². The fraction of sp³-hybridized carbons (Fsp3) is 0.250. The van der Waals surface area contributed by atoms with Gasteiger partial charge in [0.25, 0.3) is 5.91 Å². The number of anilines is 1. The Hall–Kier alpha value is -3.80. The molecule has 1 aliphatic rings. The first-order valence-corrected chi connectivity index (χ1v) is 10.6. The van der Waals surface area contributed by atoms with Crippen molar-refractivity contribution in [1.82, 2.24) is 4.90 Å². The van der Waals surface area contributed by atoms with Crippen LogP contribution in [0.2, 0.25) is 0 Å². The maximum absolute atomic E-state index is 13.2. The first kappa shape index (κ1) is 25.3. The van der Waals surface area contributed by atoms with Gasteiger partial charge in [0.1, 0.15) is 5.75 Å². The topological polar surface area (TPSA) is 67.9 Å². The lowest BCUT2D eigenvalue weighted by atomic mass is 10.0. The molecule has 0 saturated carbocycles. The summed E-state index contributed by atoms with van der Waals surface area (Å²) in [4.78, 5) is 27.2. The van der Waals surface area contributed by atoms with E-state index >= 15 is 0 Å². The Bertz CT molecular complexity index is 1270. The van der Waals surface area contributed by atoms with E-state index in [2.05, 4.69) is 5.32 Å². The average Bonchev–Trinajstić information content (AvgIpc) is 2.83. The van der Waals surface area contributed by atoms with Crippen LogP contribution in [0.15, 0.2) is 54.6 Å². The van der Waals surface area contributed by atoms with Gasteiger partial charge in [-0.25, -0.2) is 4.79 Å². The Morgan fingerprint density at radius 1 is 0.861 bits per heavy atom. The van der Waals surface area contributed by atoms with Crippen LogP contribution in [0, 0.1) is 0 Å². The molecule has 0 unspecified atom stereocenters. The van der Waals surface area contributed by atoms with E-state index in [1.54, 1.807) is 24.3 Å². The third-order valence-corrected chi connectivity index (χ3v) is 5.43. The third kappa shape index (κ3) is 5.54. The Kier molecular flexibility index (Phi) is 6.81. The zero-order valence-corrected chi connectivity index (χ0v) is 18.4. The highest BCUT2D eigenvalue weighted by molar-refractivity contribution is 6.15. The summed E-state index contributed by atoms with van der Waals surface area (Å²) in [5.41, 5.74) is -4.10. The number of hydrogen-bond acceptors (Lipinski definition) is 4. The number of halogens is 6. The molecule has 0 radical (unpaired) electrons. The second-order valence-corrected chi connectivity index (χ2v) is 7.88. The highest BCUT2D eigenvalue weighted by Crippen LogP contribution is 2.38. The molecular formula is C24H18F6N2O4. The minimum atomic E-state index is -5.08. The molecule has 1 fully saturated rings. The minimum Gasteiger partial charge on any atom is -0.409 e. The van der Waals surface area contributed by atoms with Crippen molar-refractivity contribution in [3.63, 3.8) is 0 Å². The fourth-order valence-corrected chi connectivity index (χ4v) is 3.70. The number of hydrogen-bond donors (Lipinski definition) is 1. The highest BCUT2D eigenvalue weighted by atomic mass is 19.4. The Morgan fingerprint density at radius 3 is 2.08 bits per heavy atom. The van der Waals surface area contributed by atoms with Crippen molar-refractivity contribution in [2.75, 3.05) is 31.6 Å². The minimum absolute atomic E-state index is 0.0386. The van der Waals surface area contributed by atoms with Gasteiger partial charge in [0, 0.05) is 18.8 Å². The van der Waals surface area contributed by atoms with E-state index < -0.39 is 41.2 Å². The smallest absolute Gasteiger partial charge is 0.409 e.